The van der Waals surface area contributed by atoms with Gasteiger partial charge in [0.2, 0.25) is 0 Å². The molecule has 6 aromatic rings. The number of hydrogen-bond donors (Lipinski definition) is 7. The fraction of sp³-hybridized carbons (Fsp3) is 0.0465. The van der Waals surface area contributed by atoms with Crippen LogP contribution in [0.25, 0.3) is 27.1 Å². The average Bonchev–Trinajstić information content (AvgIpc) is 3.13. The van der Waals surface area contributed by atoms with Gasteiger partial charge in [0.05, 0.1) is 0 Å². The van der Waals surface area contributed by atoms with Gasteiger partial charge in [-0.2, -0.15) is 0 Å². The lowest BCUT2D eigenvalue weighted by Gasteiger charge is -2.16. The quantitative estimate of drug-likeness (QED) is 0.126. The highest BCUT2D eigenvalue weighted by atomic mass is 35.5. The van der Waals surface area contributed by atoms with E-state index in [0.29, 0.717) is 32.7 Å². The molecule has 0 saturated carbocycles. The molecule has 0 saturated heterocycles. The van der Waals surface area contributed by atoms with Crippen molar-refractivity contribution in [2.75, 3.05) is 11.5 Å². The predicted molar refractivity (Wildman–Crippen MR) is 206 cm³/mol. The lowest BCUT2D eigenvalue weighted by molar-refractivity contribution is -0.111. The molecular formula is C43H36ClN3O6. The van der Waals surface area contributed by atoms with Crippen molar-refractivity contribution in [3.63, 3.8) is 0 Å². The zero-order valence-electron chi connectivity index (χ0n) is 28.5. The number of carboxylic acid groups (broad SMARTS) is 2. The largest absolute Gasteiger partial charge is 1.00 e. The molecule has 0 unspecified atom stereocenters. The number of nitrogens with two attached hydrogens (primary N) is 3. The smallest absolute Gasteiger partial charge is 0.339 e. The first-order chi connectivity index (χ1) is 24.9. The zero-order chi connectivity index (χ0) is 37.1. The molecule has 0 heterocycles. The van der Waals surface area contributed by atoms with Gasteiger partial charge in [-0.05, 0) is 99.3 Å². The van der Waals surface area contributed by atoms with Gasteiger partial charge in [-0.15, -0.1) is 0 Å². The molecule has 0 bridgehead atoms. The van der Waals surface area contributed by atoms with Gasteiger partial charge in [-0.1, -0.05) is 72.8 Å². The van der Waals surface area contributed by atoms with Crippen molar-refractivity contribution in [1.82, 2.24) is 0 Å². The highest BCUT2D eigenvalue weighted by molar-refractivity contribution is 6.07. The standard InChI is InChI=1S/C23H16O6.C20H19N3.ClH/c24-20-16(14-7-3-1-5-12(14)9-18(20)22(26)27)11-17-15-8-4-2-6-13(15)10-19(21(17)25)23(28)29;1-13-12-16(6-11-19(13)23)20(14-2-7-17(21)8-3-14)15-4-9-18(22)10-5-15;/h1-10,24-25H,11H2,(H,26,27)(H,28,29);2-12,23H,21-22H2,1H3;1H. The fourth-order valence-corrected chi connectivity index (χ4v) is 6.31. The van der Waals surface area contributed by atoms with E-state index in [2.05, 4.69) is 6.08 Å². The van der Waals surface area contributed by atoms with Gasteiger partial charge < -0.3 is 44.3 Å². The Bertz CT molecular complexity index is 2350. The number of carboxylic acids is 2. The summed E-state index contributed by atoms with van der Waals surface area (Å²) in [4.78, 5) is 23.2. The number of rotatable bonds is 6. The van der Waals surface area contributed by atoms with Gasteiger partial charge in [0.1, 0.15) is 22.6 Å². The molecule has 9 nitrogen and oxygen atoms in total. The minimum Gasteiger partial charge on any atom is -1.00 e. The van der Waals surface area contributed by atoms with E-state index in [1.165, 1.54) is 12.1 Å². The van der Waals surface area contributed by atoms with E-state index in [0.717, 1.165) is 44.9 Å². The summed E-state index contributed by atoms with van der Waals surface area (Å²) < 4.78 is 0. The molecule has 7 rings (SSSR count). The second kappa shape index (κ2) is 15.6. The summed E-state index contributed by atoms with van der Waals surface area (Å²) in [6, 6.07) is 32.6. The Hall–Kier alpha value is -6.84. The van der Waals surface area contributed by atoms with Gasteiger partial charge in [-0.3, -0.25) is 5.41 Å². The SMILES string of the molecule is CC1=CC(=C(c2ccc(N)cc2)c2ccc(N)cc2)C=CC1=[NH2+].O=C(O)c1cc2ccccc2c(Cc2c(O)c(C(=O)O)cc3ccccc23)c1O.[Cl-]. The third-order valence-electron chi connectivity index (χ3n) is 9.02. The van der Waals surface area contributed by atoms with Crippen LogP contribution < -0.4 is 29.3 Å². The van der Waals surface area contributed by atoms with Crippen LogP contribution in [0.15, 0.2) is 139 Å². The Kier molecular flexibility index (Phi) is 11.0. The minimum absolute atomic E-state index is 0. The molecule has 0 aliphatic heterocycles. The monoisotopic (exact) mass is 725 g/mol. The second-order valence-corrected chi connectivity index (χ2v) is 12.4. The Morgan fingerprint density at radius 3 is 1.45 bits per heavy atom. The van der Waals surface area contributed by atoms with Crippen LogP contribution >= 0.6 is 0 Å². The summed E-state index contributed by atoms with van der Waals surface area (Å²) >= 11 is 0. The zero-order valence-corrected chi connectivity index (χ0v) is 29.3. The summed E-state index contributed by atoms with van der Waals surface area (Å²) in [5, 5.41) is 48.8. The van der Waals surface area contributed by atoms with Crippen molar-refractivity contribution in [1.29, 1.82) is 0 Å². The lowest BCUT2D eigenvalue weighted by Crippen LogP contribution is -3.00. The Balaban J connectivity index is 0.000000206. The molecule has 0 radical (unpaired) electrons. The van der Waals surface area contributed by atoms with Crippen LogP contribution in [0.1, 0.15) is 49.9 Å². The first-order valence-electron chi connectivity index (χ1n) is 16.3. The molecule has 1 aliphatic carbocycles. The molecule has 0 fully saturated rings. The number of nitrogen functional groups attached to an aromatic ring is 2. The number of aromatic hydroxyl groups is 2. The van der Waals surface area contributed by atoms with Crippen LogP contribution in [0.2, 0.25) is 0 Å². The second-order valence-electron chi connectivity index (χ2n) is 12.4. The molecule has 1 aliphatic rings. The molecule has 6 aromatic carbocycles. The molecule has 0 aromatic heterocycles. The van der Waals surface area contributed by atoms with Gasteiger partial charge in [0.15, 0.2) is 5.71 Å². The number of benzene rings is 6. The molecule has 10 N–H and O–H groups in total. The summed E-state index contributed by atoms with van der Waals surface area (Å²) in [5.41, 5.74) is 19.6. The first kappa shape index (κ1) is 37.4. The third-order valence-corrected chi connectivity index (χ3v) is 9.02. The Morgan fingerprint density at radius 1 is 0.642 bits per heavy atom. The van der Waals surface area contributed by atoms with Crippen LogP contribution in [0, 0.1) is 0 Å². The summed E-state index contributed by atoms with van der Waals surface area (Å²) in [5.74, 6) is -3.36. The third kappa shape index (κ3) is 7.75. The number of halogens is 1. The summed E-state index contributed by atoms with van der Waals surface area (Å²) in [6.07, 6.45) is 6.06. The van der Waals surface area contributed by atoms with Crippen molar-refractivity contribution in [2.24, 2.45) is 0 Å². The number of phenols is 2. The maximum atomic E-state index is 11.6. The molecule has 53 heavy (non-hydrogen) atoms. The average molecular weight is 726 g/mol. The number of carbonyl (C=O) groups is 2. The van der Waals surface area contributed by atoms with Crippen molar-refractivity contribution in [3.05, 3.63) is 172 Å². The molecule has 0 amide bonds. The molecule has 266 valence electrons. The number of allylic oxidation sites excluding steroid dienone is 5. The van der Waals surface area contributed by atoms with E-state index in [1.807, 2.05) is 67.6 Å². The summed E-state index contributed by atoms with van der Waals surface area (Å²) in [6.45, 7) is 2.02. The first-order valence-corrected chi connectivity index (χ1v) is 16.3. The predicted octanol–water partition coefficient (Wildman–Crippen LogP) is 3.76. The highest BCUT2D eigenvalue weighted by Crippen LogP contribution is 2.39. The minimum atomic E-state index is -1.28. The number of hydrogen-bond acceptors (Lipinski definition) is 6. The van der Waals surface area contributed by atoms with Crippen LogP contribution in [0.5, 0.6) is 11.5 Å². The van der Waals surface area contributed by atoms with Gasteiger partial charge in [-0.25, -0.2) is 9.59 Å². The molecule has 0 atom stereocenters. The van der Waals surface area contributed by atoms with Crippen LogP contribution in [-0.2, 0) is 6.42 Å². The number of fused-ring (bicyclic) bond motifs is 2. The molecule has 10 heteroatoms. The van der Waals surface area contributed by atoms with E-state index < -0.39 is 23.4 Å². The van der Waals surface area contributed by atoms with E-state index in [1.54, 1.807) is 48.5 Å². The van der Waals surface area contributed by atoms with Crippen molar-refractivity contribution in [3.8, 4) is 11.5 Å². The Morgan fingerprint density at radius 2 is 1.06 bits per heavy atom. The van der Waals surface area contributed by atoms with E-state index in [4.69, 9.17) is 16.9 Å². The van der Waals surface area contributed by atoms with Crippen molar-refractivity contribution >= 4 is 56.1 Å². The van der Waals surface area contributed by atoms with E-state index in [9.17, 15) is 30.0 Å². The lowest BCUT2D eigenvalue weighted by atomic mass is 9.89. The van der Waals surface area contributed by atoms with Crippen molar-refractivity contribution < 1.29 is 47.8 Å². The van der Waals surface area contributed by atoms with Crippen LogP contribution in [0.3, 0.4) is 0 Å². The Labute approximate surface area is 311 Å². The maximum absolute atomic E-state index is 11.6. The van der Waals surface area contributed by atoms with Gasteiger partial charge >= 0.3 is 11.9 Å². The molecule has 0 spiro atoms. The topological polar surface area (TPSA) is 193 Å². The van der Waals surface area contributed by atoms with Crippen LogP contribution in [0.4, 0.5) is 11.4 Å². The van der Waals surface area contributed by atoms with Crippen LogP contribution in [-0.4, -0.2) is 38.1 Å². The number of aromatic carboxylic acids is 2. The van der Waals surface area contributed by atoms with E-state index in [-0.39, 0.29) is 30.0 Å². The van der Waals surface area contributed by atoms with Gasteiger partial charge in [0, 0.05) is 40.6 Å². The normalized spacial score (nSPS) is 12.1. The van der Waals surface area contributed by atoms with Crippen molar-refractivity contribution in [2.45, 2.75) is 13.3 Å². The maximum Gasteiger partial charge on any atom is 0.339 e. The highest BCUT2D eigenvalue weighted by Gasteiger charge is 2.22. The van der Waals surface area contributed by atoms with Gasteiger partial charge in [0.25, 0.3) is 0 Å². The molecular weight excluding hydrogens is 690 g/mol. The number of anilines is 2. The van der Waals surface area contributed by atoms with E-state index >= 15 is 0 Å². The summed E-state index contributed by atoms with van der Waals surface area (Å²) in [7, 11) is 0. The fourth-order valence-electron chi connectivity index (χ4n) is 6.31.